The fourth-order valence-electron chi connectivity index (χ4n) is 2.29. The molecule has 2 rings (SSSR count). The topological polar surface area (TPSA) is 71.0 Å². The normalized spacial score (nSPS) is 20.4. The van der Waals surface area contributed by atoms with Gasteiger partial charge in [0.05, 0.1) is 25.9 Å². The van der Waals surface area contributed by atoms with E-state index in [1.807, 2.05) is 6.07 Å². The number of hydrogen-bond donors (Lipinski definition) is 3. The second kappa shape index (κ2) is 6.75. The number of aliphatic hydroxyl groups excluding tert-OH is 1. The van der Waals surface area contributed by atoms with Gasteiger partial charge >= 0.3 is 0 Å². The lowest BCUT2D eigenvalue weighted by atomic mass is 10.1. The molecule has 0 saturated carbocycles. The Morgan fingerprint density at radius 3 is 2.95 bits per heavy atom. The summed E-state index contributed by atoms with van der Waals surface area (Å²) in [6.07, 6.45) is 2.37. The molecule has 2 atom stereocenters. The summed E-state index contributed by atoms with van der Waals surface area (Å²) in [7, 11) is 1.51. The zero-order chi connectivity index (χ0) is 13.7. The maximum Gasteiger partial charge on any atom is 0.160 e. The Kier molecular flexibility index (Phi) is 5.01. The van der Waals surface area contributed by atoms with Crippen LogP contribution >= 0.6 is 0 Å². The molecular weight excluding hydrogens is 246 g/mol. The van der Waals surface area contributed by atoms with Crippen LogP contribution in [0, 0.1) is 0 Å². The molecule has 5 nitrogen and oxygen atoms in total. The summed E-state index contributed by atoms with van der Waals surface area (Å²) in [6.45, 7) is 1.50. The molecule has 0 spiro atoms. The van der Waals surface area contributed by atoms with E-state index in [9.17, 15) is 10.2 Å². The molecule has 0 bridgehead atoms. The lowest BCUT2D eigenvalue weighted by Crippen LogP contribution is -2.31. The predicted octanol–water partition coefficient (Wildman–Crippen LogP) is 1.20. The minimum Gasteiger partial charge on any atom is -0.504 e. The van der Waals surface area contributed by atoms with Gasteiger partial charge in [-0.1, -0.05) is 6.07 Å². The number of phenols is 1. The van der Waals surface area contributed by atoms with Crippen molar-refractivity contribution >= 4 is 0 Å². The van der Waals surface area contributed by atoms with Gasteiger partial charge in [-0.05, 0) is 30.5 Å². The monoisotopic (exact) mass is 267 g/mol. The fraction of sp³-hybridized carbons (Fsp3) is 0.571. The third kappa shape index (κ3) is 3.59. The first-order chi connectivity index (χ1) is 9.24. The summed E-state index contributed by atoms with van der Waals surface area (Å²) in [5, 5.41) is 22.5. The standard InChI is InChI=1S/C14H21NO4/c1-18-14-5-4-10(7-13(14)17)12(9-16)15-8-11-3-2-6-19-11/h4-5,7,11-12,15-17H,2-3,6,8-9H2,1H3. The maximum absolute atomic E-state index is 9.76. The van der Waals surface area contributed by atoms with Gasteiger partial charge in [-0.2, -0.15) is 0 Å². The molecule has 1 aliphatic rings. The number of nitrogens with one attached hydrogen (secondary N) is 1. The van der Waals surface area contributed by atoms with Gasteiger partial charge in [-0.25, -0.2) is 0 Å². The highest BCUT2D eigenvalue weighted by molar-refractivity contribution is 5.42. The van der Waals surface area contributed by atoms with E-state index in [4.69, 9.17) is 9.47 Å². The van der Waals surface area contributed by atoms with E-state index in [1.165, 1.54) is 7.11 Å². The van der Waals surface area contributed by atoms with Crippen molar-refractivity contribution in [2.24, 2.45) is 0 Å². The van der Waals surface area contributed by atoms with Gasteiger partial charge in [-0.15, -0.1) is 0 Å². The van der Waals surface area contributed by atoms with Crippen LogP contribution in [-0.2, 0) is 4.74 Å². The number of methoxy groups -OCH3 is 1. The molecule has 5 heteroatoms. The lowest BCUT2D eigenvalue weighted by molar-refractivity contribution is 0.104. The van der Waals surface area contributed by atoms with Crippen molar-refractivity contribution in [2.45, 2.75) is 25.0 Å². The van der Waals surface area contributed by atoms with Crippen LogP contribution in [0.5, 0.6) is 11.5 Å². The van der Waals surface area contributed by atoms with Gasteiger partial charge in [0.2, 0.25) is 0 Å². The first kappa shape index (κ1) is 14.1. The summed E-state index contributed by atoms with van der Waals surface area (Å²) in [5.74, 6) is 0.511. The summed E-state index contributed by atoms with van der Waals surface area (Å²) < 4.78 is 10.5. The van der Waals surface area contributed by atoms with E-state index < -0.39 is 0 Å². The molecule has 0 aromatic heterocycles. The van der Waals surface area contributed by atoms with Gasteiger partial charge in [0.15, 0.2) is 11.5 Å². The quantitative estimate of drug-likeness (QED) is 0.722. The molecule has 0 amide bonds. The van der Waals surface area contributed by atoms with Crippen LogP contribution in [0.15, 0.2) is 18.2 Å². The summed E-state index contributed by atoms with van der Waals surface area (Å²) >= 11 is 0. The van der Waals surface area contributed by atoms with Gasteiger partial charge in [0.25, 0.3) is 0 Å². The van der Waals surface area contributed by atoms with Crippen molar-refractivity contribution in [3.8, 4) is 11.5 Å². The molecular formula is C14H21NO4. The molecule has 0 aliphatic carbocycles. The van der Waals surface area contributed by atoms with Crippen molar-refractivity contribution in [3.63, 3.8) is 0 Å². The highest BCUT2D eigenvalue weighted by Crippen LogP contribution is 2.28. The largest absolute Gasteiger partial charge is 0.504 e. The lowest BCUT2D eigenvalue weighted by Gasteiger charge is -2.19. The second-order valence-electron chi connectivity index (χ2n) is 4.71. The zero-order valence-electron chi connectivity index (χ0n) is 11.1. The highest BCUT2D eigenvalue weighted by atomic mass is 16.5. The molecule has 1 aromatic carbocycles. The molecule has 1 heterocycles. The van der Waals surface area contributed by atoms with E-state index in [1.54, 1.807) is 12.1 Å². The van der Waals surface area contributed by atoms with Gasteiger partial charge in [-0.3, -0.25) is 0 Å². The molecule has 1 aromatic rings. The second-order valence-corrected chi connectivity index (χ2v) is 4.71. The van der Waals surface area contributed by atoms with E-state index in [2.05, 4.69) is 5.32 Å². The molecule has 1 aliphatic heterocycles. The third-order valence-electron chi connectivity index (χ3n) is 3.40. The van der Waals surface area contributed by atoms with Crippen LogP contribution in [0.2, 0.25) is 0 Å². The average molecular weight is 267 g/mol. The zero-order valence-corrected chi connectivity index (χ0v) is 11.1. The summed E-state index contributed by atoms with van der Waals surface area (Å²) in [4.78, 5) is 0. The van der Waals surface area contributed by atoms with E-state index in [-0.39, 0.29) is 24.5 Å². The molecule has 1 saturated heterocycles. The van der Waals surface area contributed by atoms with Gasteiger partial charge < -0.3 is 25.0 Å². The number of aliphatic hydroxyl groups is 1. The van der Waals surface area contributed by atoms with Crippen molar-refractivity contribution in [3.05, 3.63) is 23.8 Å². The number of aromatic hydroxyl groups is 1. The Bertz CT molecular complexity index is 404. The molecule has 1 fully saturated rings. The Labute approximate surface area is 113 Å². The Hall–Kier alpha value is -1.30. The SMILES string of the molecule is COc1ccc(C(CO)NCC2CCCO2)cc1O. The minimum absolute atomic E-state index is 0.0293. The van der Waals surface area contributed by atoms with Crippen LogP contribution in [-0.4, -0.2) is 43.2 Å². The summed E-state index contributed by atoms with van der Waals surface area (Å²) in [5.41, 5.74) is 0.832. The van der Waals surface area contributed by atoms with Crippen LogP contribution < -0.4 is 10.1 Å². The van der Waals surface area contributed by atoms with Crippen LogP contribution in [0.25, 0.3) is 0 Å². The smallest absolute Gasteiger partial charge is 0.160 e. The number of hydrogen-bond acceptors (Lipinski definition) is 5. The number of benzene rings is 1. The molecule has 0 radical (unpaired) electrons. The Morgan fingerprint density at radius 1 is 1.53 bits per heavy atom. The summed E-state index contributed by atoms with van der Waals surface area (Å²) in [6, 6.07) is 4.94. The average Bonchev–Trinajstić information content (AvgIpc) is 2.93. The third-order valence-corrected chi connectivity index (χ3v) is 3.40. The van der Waals surface area contributed by atoms with Crippen molar-refractivity contribution in [2.75, 3.05) is 26.9 Å². The number of phenolic OH excluding ortho intramolecular Hbond substituents is 1. The van der Waals surface area contributed by atoms with E-state index in [0.717, 1.165) is 25.0 Å². The predicted molar refractivity (Wildman–Crippen MR) is 71.5 cm³/mol. The van der Waals surface area contributed by atoms with Crippen LogP contribution in [0.4, 0.5) is 0 Å². The highest BCUT2D eigenvalue weighted by Gasteiger charge is 2.18. The minimum atomic E-state index is -0.207. The van der Waals surface area contributed by atoms with Crippen molar-refractivity contribution < 1.29 is 19.7 Å². The maximum atomic E-state index is 9.76. The Balaban J connectivity index is 1.97. The number of rotatable bonds is 6. The van der Waals surface area contributed by atoms with Gasteiger partial charge in [0.1, 0.15) is 0 Å². The molecule has 3 N–H and O–H groups in total. The fourth-order valence-corrected chi connectivity index (χ4v) is 2.29. The number of ether oxygens (including phenoxy) is 2. The Morgan fingerprint density at radius 2 is 2.37 bits per heavy atom. The van der Waals surface area contributed by atoms with Crippen LogP contribution in [0.3, 0.4) is 0 Å². The van der Waals surface area contributed by atoms with Crippen LogP contribution in [0.1, 0.15) is 24.4 Å². The van der Waals surface area contributed by atoms with E-state index in [0.29, 0.717) is 12.3 Å². The van der Waals surface area contributed by atoms with Gasteiger partial charge in [0, 0.05) is 13.2 Å². The van der Waals surface area contributed by atoms with Crippen molar-refractivity contribution in [1.29, 1.82) is 0 Å². The molecule has 106 valence electrons. The van der Waals surface area contributed by atoms with Crippen molar-refractivity contribution in [1.82, 2.24) is 5.32 Å². The first-order valence-electron chi connectivity index (χ1n) is 6.57. The first-order valence-corrected chi connectivity index (χ1v) is 6.57. The van der Waals surface area contributed by atoms with E-state index >= 15 is 0 Å². The molecule has 19 heavy (non-hydrogen) atoms. The molecule has 2 unspecified atom stereocenters.